The summed E-state index contributed by atoms with van der Waals surface area (Å²) in [7, 11) is 0. The van der Waals surface area contributed by atoms with Crippen LogP contribution in [0.4, 0.5) is 0 Å². The number of aliphatic hydroxyl groups is 1. The van der Waals surface area contributed by atoms with E-state index in [-0.39, 0.29) is 5.54 Å². The lowest BCUT2D eigenvalue weighted by atomic mass is 9.90. The van der Waals surface area contributed by atoms with E-state index in [1.54, 1.807) is 0 Å². The topological polar surface area (TPSA) is 23.5 Å². The molecule has 0 spiro atoms. The van der Waals surface area contributed by atoms with Gasteiger partial charge in [-0.1, -0.05) is 19.3 Å². The first kappa shape index (κ1) is 13.0. The normalized spacial score (nSPS) is 19.8. The first-order chi connectivity index (χ1) is 7.05. The Hall–Kier alpha value is -0.0800. The van der Waals surface area contributed by atoms with Gasteiger partial charge in [-0.05, 0) is 40.0 Å². The maximum Gasteiger partial charge on any atom is 0.0443 e. The van der Waals surface area contributed by atoms with Crippen LogP contribution in [0.15, 0.2) is 0 Å². The molecule has 1 saturated carbocycles. The molecule has 1 aliphatic carbocycles. The second-order valence-corrected chi connectivity index (χ2v) is 5.73. The quantitative estimate of drug-likeness (QED) is 0.776. The van der Waals surface area contributed by atoms with Crippen molar-refractivity contribution < 1.29 is 5.11 Å². The summed E-state index contributed by atoms with van der Waals surface area (Å²) in [6.07, 6.45) is 7.79. The van der Waals surface area contributed by atoms with Crippen molar-refractivity contribution in [2.24, 2.45) is 0 Å². The van der Waals surface area contributed by atoms with E-state index >= 15 is 0 Å². The Morgan fingerprint density at radius 1 is 1.13 bits per heavy atom. The predicted molar refractivity (Wildman–Crippen MR) is 65.0 cm³/mol. The zero-order chi connectivity index (χ0) is 11.3. The van der Waals surface area contributed by atoms with E-state index in [1.807, 2.05) is 0 Å². The van der Waals surface area contributed by atoms with Crippen molar-refractivity contribution in [1.82, 2.24) is 4.90 Å². The predicted octanol–water partition coefficient (Wildman–Crippen LogP) is 2.80. The van der Waals surface area contributed by atoms with Gasteiger partial charge in [0.1, 0.15) is 0 Å². The number of aliphatic hydroxyl groups excluding tert-OH is 1. The first-order valence-corrected chi connectivity index (χ1v) is 6.43. The highest BCUT2D eigenvalue weighted by Crippen LogP contribution is 2.28. The van der Waals surface area contributed by atoms with E-state index in [0.717, 1.165) is 19.0 Å². The van der Waals surface area contributed by atoms with Gasteiger partial charge in [0, 0.05) is 24.7 Å². The minimum absolute atomic E-state index is 0.247. The third-order valence-electron chi connectivity index (χ3n) is 3.43. The van der Waals surface area contributed by atoms with Crippen molar-refractivity contribution in [1.29, 1.82) is 0 Å². The van der Waals surface area contributed by atoms with Gasteiger partial charge in [-0.15, -0.1) is 0 Å². The van der Waals surface area contributed by atoms with Gasteiger partial charge in [0.15, 0.2) is 0 Å². The fraction of sp³-hybridized carbons (Fsp3) is 1.00. The Morgan fingerprint density at radius 3 is 2.20 bits per heavy atom. The molecular formula is C13H27NO. The second-order valence-electron chi connectivity index (χ2n) is 5.73. The third-order valence-corrected chi connectivity index (χ3v) is 3.43. The third kappa shape index (κ3) is 4.12. The molecule has 0 aromatic carbocycles. The molecule has 1 N–H and O–H groups in total. The molecule has 2 heteroatoms. The second kappa shape index (κ2) is 5.86. The van der Waals surface area contributed by atoms with Crippen molar-refractivity contribution in [2.75, 3.05) is 13.2 Å². The van der Waals surface area contributed by atoms with Crippen LogP contribution in [0, 0.1) is 0 Å². The fourth-order valence-corrected chi connectivity index (χ4v) is 2.70. The minimum Gasteiger partial charge on any atom is -0.396 e. The molecule has 0 aromatic rings. The Kier molecular flexibility index (Phi) is 5.07. The summed E-state index contributed by atoms with van der Waals surface area (Å²) in [5.74, 6) is 0. The smallest absolute Gasteiger partial charge is 0.0443 e. The molecule has 0 aliphatic heterocycles. The van der Waals surface area contributed by atoms with Gasteiger partial charge in [0.25, 0.3) is 0 Å². The minimum atomic E-state index is 0.247. The molecule has 0 bridgehead atoms. The van der Waals surface area contributed by atoms with Gasteiger partial charge >= 0.3 is 0 Å². The lowest BCUT2D eigenvalue weighted by Crippen LogP contribution is -2.49. The van der Waals surface area contributed by atoms with Crippen molar-refractivity contribution in [2.45, 2.75) is 70.9 Å². The van der Waals surface area contributed by atoms with Gasteiger partial charge in [0.2, 0.25) is 0 Å². The van der Waals surface area contributed by atoms with E-state index in [2.05, 4.69) is 25.7 Å². The van der Waals surface area contributed by atoms with Crippen LogP contribution in [0.1, 0.15) is 59.3 Å². The van der Waals surface area contributed by atoms with Crippen LogP contribution < -0.4 is 0 Å². The molecule has 1 fully saturated rings. The maximum absolute atomic E-state index is 8.95. The molecule has 0 radical (unpaired) electrons. The number of rotatable bonds is 4. The molecule has 90 valence electrons. The largest absolute Gasteiger partial charge is 0.396 e. The monoisotopic (exact) mass is 213 g/mol. The van der Waals surface area contributed by atoms with Gasteiger partial charge in [-0.2, -0.15) is 0 Å². The van der Waals surface area contributed by atoms with Gasteiger partial charge in [0.05, 0.1) is 0 Å². The molecule has 0 unspecified atom stereocenters. The Morgan fingerprint density at radius 2 is 1.73 bits per heavy atom. The van der Waals surface area contributed by atoms with E-state index < -0.39 is 0 Å². The summed E-state index contributed by atoms with van der Waals surface area (Å²) in [5, 5.41) is 8.95. The molecule has 0 aromatic heterocycles. The van der Waals surface area contributed by atoms with Crippen LogP contribution in [-0.4, -0.2) is 34.7 Å². The molecule has 0 saturated heterocycles. The van der Waals surface area contributed by atoms with Crippen LogP contribution in [-0.2, 0) is 0 Å². The zero-order valence-corrected chi connectivity index (χ0v) is 10.6. The number of nitrogens with zero attached hydrogens (tertiary/aromatic N) is 1. The summed E-state index contributed by atoms with van der Waals surface area (Å²) >= 11 is 0. The highest BCUT2D eigenvalue weighted by molar-refractivity contribution is 4.84. The summed E-state index contributed by atoms with van der Waals surface area (Å²) in [6, 6.07) is 0.755. The molecule has 15 heavy (non-hydrogen) atoms. The van der Waals surface area contributed by atoms with Crippen molar-refractivity contribution >= 4 is 0 Å². The molecule has 0 heterocycles. The van der Waals surface area contributed by atoms with Crippen molar-refractivity contribution in [3.63, 3.8) is 0 Å². The van der Waals surface area contributed by atoms with Crippen LogP contribution in [0.25, 0.3) is 0 Å². The van der Waals surface area contributed by atoms with Gasteiger partial charge in [-0.25, -0.2) is 0 Å². The molecule has 0 amide bonds. The Labute approximate surface area is 94.7 Å². The van der Waals surface area contributed by atoms with E-state index in [1.165, 1.54) is 32.1 Å². The summed E-state index contributed by atoms with van der Waals surface area (Å²) in [4.78, 5) is 2.60. The molecule has 2 nitrogen and oxygen atoms in total. The highest BCUT2D eigenvalue weighted by Gasteiger charge is 2.29. The first-order valence-electron chi connectivity index (χ1n) is 6.43. The summed E-state index contributed by atoms with van der Waals surface area (Å²) in [6.45, 7) is 8.24. The van der Waals surface area contributed by atoms with Crippen LogP contribution in [0.2, 0.25) is 0 Å². The maximum atomic E-state index is 8.95. The average molecular weight is 213 g/mol. The van der Waals surface area contributed by atoms with E-state index in [9.17, 15) is 0 Å². The van der Waals surface area contributed by atoms with Crippen molar-refractivity contribution in [3.8, 4) is 0 Å². The van der Waals surface area contributed by atoms with Crippen LogP contribution in [0.5, 0.6) is 0 Å². The molecule has 1 aliphatic rings. The van der Waals surface area contributed by atoms with E-state index in [0.29, 0.717) is 6.61 Å². The Bertz CT molecular complexity index is 168. The number of hydrogen-bond donors (Lipinski definition) is 1. The number of hydrogen-bond acceptors (Lipinski definition) is 2. The lowest BCUT2D eigenvalue weighted by molar-refractivity contribution is 0.0539. The highest BCUT2D eigenvalue weighted by atomic mass is 16.3. The van der Waals surface area contributed by atoms with E-state index in [4.69, 9.17) is 5.11 Å². The van der Waals surface area contributed by atoms with Crippen molar-refractivity contribution in [3.05, 3.63) is 0 Å². The fourth-order valence-electron chi connectivity index (χ4n) is 2.70. The standard InChI is InChI=1S/C13H27NO/c1-13(2,3)14(10-7-11-15)12-8-5-4-6-9-12/h12,15H,4-11H2,1-3H3. The average Bonchev–Trinajstić information content (AvgIpc) is 2.18. The molecule has 0 atom stereocenters. The summed E-state index contributed by atoms with van der Waals surface area (Å²) < 4.78 is 0. The molecular weight excluding hydrogens is 186 g/mol. The zero-order valence-electron chi connectivity index (χ0n) is 10.6. The van der Waals surface area contributed by atoms with Gasteiger partial charge in [-0.3, -0.25) is 4.90 Å². The van der Waals surface area contributed by atoms with Crippen LogP contribution >= 0.6 is 0 Å². The summed E-state index contributed by atoms with van der Waals surface area (Å²) in [5.41, 5.74) is 0.247. The molecule has 1 rings (SSSR count). The Balaban J connectivity index is 2.53. The van der Waals surface area contributed by atoms with Gasteiger partial charge < -0.3 is 5.11 Å². The SMILES string of the molecule is CC(C)(C)N(CCCO)C1CCCCC1. The lowest BCUT2D eigenvalue weighted by Gasteiger charge is -2.43. The van der Waals surface area contributed by atoms with Crippen LogP contribution in [0.3, 0.4) is 0 Å².